The molecule has 1 aliphatic carbocycles. The Balaban J connectivity index is 1.65. The minimum atomic E-state index is -0.229. The first-order valence-electron chi connectivity index (χ1n) is 9.78. The maximum absolute atomic E-state index is 13.2. The first kappa shape index (κ1) is 18.9. The fourth-order valence-corrected chi connectivity index (χ4v) is 3.16. The molecular weight excluding hydrogens is 364 g/mol. The Bertz CT molecular complexity index is 1020. The smallest absolute Gasteiger partial charge is 0.257 e. The molecule has 0 saturated heterocycles. The Morgan fingerprint density at radius 3 is 2.45 bits per heavy atom. The standard InChI is InChI=1S/C23H24N4O2/c1-16-8-12-19(13-9-16)27-14-20(22(25-27)17-6-4-3-5-7-17)23(29)26(2)15-21(28)24-18-10-11-18/h3-9,12-14,18H,10-11,15H2,1-2H3,(H,24,28). The number of hydrogen-bond acceptors (Lipinski definition) is 3. The molecule has 6 heteroatoms. The SMILES string of the molecule is Cc1ccc(-n2cc(C(=O)N(C)CC(=O)NC3CC3)c(-c3ccccc3)n2)cc1. The van der Waals surface area contributed by atoms with Crippen LogP contribution in [0.4, 0.5) is 0 Å². The fraction of sp³-hybridized carbons (Fsp3) is 0.261. The van der Waals surface area contributed by atoms with Gasteiger partial charge in [-0.15, -0.1) is 0 Å². The van der Waals surface area contributed by atoms with Crippen molar-refractivity contribution in [3.8, 4) is 16.9 Å². The normalized spacial score (nSPS) is 13.2. The second kappa shape index (κ2) is 7.91. The number of hydrogen-bond donors (Lipinski definition) is 1. The maximum atomic E-state index is 13.2. The van der Waals surface area contributed by atoms with Gasteiger partial charge in [0, 0.05) is 24.8 Å². The van der Waals surface area contributed by atoms with Crippen molar-refractivity contribution in [2.45, 2.75) is 25.8 Å². The molecule has 0 radical (unpaired) electrons. The number of carbonyl (C=O) groups excluding carboxylic acids is 2. The van der Waals surface area contributed by atoms with E-state index in [2.05, 4.69) is 10.4 Å². The summed E-state index contributed by atoms with van der Waals surface area (Å²) in [6, 6.07) is 17.9. The summed E-state index contributed by atoms with van der Waals surface area (Å²) in [6.07, 6.45) is 3.78. The predicted molar refractivity (Wildman–Crippen MR) is 112 cm³/mol. The van der Waals surface area contributed by atoms with Crippen LogP contribution in [-0.2, 0) is 4.79 Å². The molecule has 6 nitrogen and oxygen atoms in total. The number of aryl methyl sites for hydroxylation is 1. The molecule has 4 rings (SSSR count). The summed E-state index contributed by atoms with van der Waals surface area (Å²) >= 11 is 0. The summed E-state index contributed by atoms with van der Waals surface area (Å²) in [5.74, 6) is -0.358. The van der Waals surface area contributed by atoms with E-state index in [1.54, 1.807) is 17.9 Å². The van der Waals surface area contributed by atoms with Crippen LogP contribution in [0.2, 0.25) is 0 Å². The quantitative estimate of drug-likeness (QED) is 0.705. The molecule has 1 fully saturated rings. The Hall–Kier alpha value is -3.41. The second-order valence-corrected chi connectivity index (χ2v) is 7.54. The largest absolute Gasteiger partial charge is 0.352 e. The Morgan fingerprint density at radius 2 is 1.79 bits per heavy atom. The lowest BCUT2D eigenvalue weighted by Crippen LogP contribution is -2.39. The van der Waals surface area contributed by atoms with Crippen LogP contribution >= 0.6 is 0 Å². The third kappa shape index (κ3) is 4.37. The number of amides is 2. The number of rotatable bonds is 6. The minimum Gasteiger partial charge on any atom is -0.352 e. The van der Waals surface area contributed by atoms with E-state index in [0.29, 0.717) is 11.3 Å². The lowest BCUT2D eigenvalue weighted by Gasteiger charge is -2.16. The van der Waals surface area contributed by atoms with Crippen LogP contribution in [0.25, 0.3) is 16.9 Å². The number of benzene rings is 2. The van der Waals surface area contributed by atoms with E-state index in [-0.39, 0.29) is 24.4 Å². The Labute approximate surface area is 170 Å². The molecule has 1 aliphatic rings. The molecule has 29 heavy (non-hydrogen) atoms. The van der Waals surface area contributed by atoms with Gasteiger partial charge in [-0.2, -0.15) is 5.10 Å². The Morgan fingerprint density at radius 1 is 1.10 bits per heavy atom. The van der Waals surface area contributed by atoms with Crippen molar-refractivity contribution in [1.29, 1.82) is 0 Å². The summed E-state index contributed by atoms with van der Waals surface area (Å²) in [5, 5.41) is 7.61. The first-order valence-corrected chi connectivity index (χ1v) is 9.78. The summed E-state index contributed by atoms with van der Waals surface area (Å²) in [4.78, 5) is 26.7. The molecule has 1 heterocycles. The lowest BCUT2D eigenvalue weighted by molar-refractivity contribution is -0.121. The average Bonchev–Trinajstić information content (AvgIpc) is 3.42. The summed E-state index contributed by atoms with van der Waals surface area (Å²) < 4.78 is 1.72. The zero-order chi connectivity index (χ0) is 20.4. The highest BCUT2D eigenvalue weighted by Gasteiger charge is 2.26. The lowest BCUT2D eigenvalue weighted by atomic mass is 10.1. The summed E-state index contributed by atoms with van der Waals surface area (Å²) in [5.41, 5.74) is 3.96. The zero-order valence-corrected chi connectivity index (χ0v) is 16.6. The van der Waals surface area contributed by atoms with E-state index in [1.165, 1.54) is 4.90 Å². The highest BCUT2D eigenvalue weighted by Crippen LogP contribution is 2.25. The molecule has 0 unspecified atom stereocenters. The maximum Gasteiger partial charge on any atom is 0.257 e. The Kier molecular flexibility index (Phi) is 5.16. The van der Waals surface area contributed by atoms with Crippen molar-refractivity contribution in [2.24, 2.45) is 0 Å². The predicted octanol–water partition coefficient (Wildman–Crippen LogP) is 3.20. The van der Waals surface area contributed by atoms with Crippen molar-refractivity contribution in [1.82, 2.24) is 20.0 Å². The third-order valence-electron chi connectivity index (χ3n) is 4.96. The summed E-state index contributed by atoms with van der Waals surface area (Å²) in [7, 11) is 1.65. The van der Waals surface area contributed by atoms with Crippen molar-refractivity contribution >= 4 is 11.8 Å². The van der Waals surface area contributed by atoms with Gasteiger partial charge in [0.15, 0.2) is 0 Å². The molecule has 1 saturated carbocycles. The molecular formula is C23H24N4O2. The van der Waals surface area contributed by atoms with Gasteiger partial charge in [0.1, 0.15) is 5.69 Å². The van der Waals surface area contributed by atoms with Crippen LogP contribution in [0.3, 0.4) is 0 Å². The zero-order valence-electron chi connectivity index (χ0n) is 16.6. The molecule has 0 spiro atoms. The van der Waals surface area contributed by atoms with Crippen molar-refractivity contribution < 1.29 is 9.59 Å². The monoisotopic (exact) mass is 388 g/mol. The van der Waals surface area contributed by atoms with Crippen molar-refractivity contribution in [3.05, 3.63) is 71.9 Å². The van der Waals surface area contributed by atoms with Crippen LogP contribution < -0.4 is 5.32 Å². The van der Waals surface area contributed by atoms with Crippen LogP contribution in [0.5, 0.6) is 0 Å². The average molecular weight is 388 g/mol. The van der Waals surface area contributed by atoms with Gasteiger partial charge in [0.05, 0.1) is 17.8 Å². The second-order valence-electron chi connectivity index (χ2n) is 7.54. The minimum absolute atomic E-state index is 0.0271. The summed E-state index contributed by atoms with van der Waals surface area (Å²) in [6.45, 7) is 2.05. The molecule has 1 aromatic heterocycles. The van der Waals surface area contributed by atoms with Gasteiger partial charge in [0.25, 0.3) is 5.91 Å². The van der Waals surface area contributed by atoms with Gasteiger partial charge >= 0.3 is 0 Å². The molecule has 3 aromatic rings. The highest BCUT2D eigenvalue weighted by molar-refractivity contribution is 6.01. The van der Waals surface area contributed by atoms with E-state index in [1.807, 2.05) is 61.5 Å². The molecule has 2 aromatic carbocycles. The number of likely N-dealkylation sites (N-methyl/N-ethyl adjacent to an activating group) is 1. The van der Waals surface area contributed by atoms with Crippen LogP contribution in [0.1, 0.15) is 28.8 Å². The van der Waals surface area contributed by atoms with Crippen LogP contribution in [-0.4, -0.2) is 46.1 Å². The molecule has 148 valence electrons. The molecule has 0 aliphatic heterocycles. The van der Waals surface area contributed by atoms with Crippen LogP contribution in [0.15, 0.2) is 60.8 Å². The fourth-order valence-electron chi connectivity index (χ4n) is 3.16. The highest BCUT2D eigenvalue weighted by atomic mass is 16.2. The molecule has 1 N–H and O–H groups in total. The molecule has 0 atom stereocenters. The number of nitrogens with one attached hydrogen (secondary N) is 1. The first-order chi connectivity index (χ1) is 14.0. The van der Waals surface area contributed by atoms with Gasteiger partial charge in [-0.3, -0.25) is 9.59 Å². The van der Waals surface area contributed by atoms with Gasteiger partial charge in [0.2, 0.25) is 5.91 Å². The van der Waals surface area contributed by atoms with Gasteiger partial charge in [-0.1, -0.05) is 48.0 Å². The van der Waals surface area contributed by atoms with Crippen molar-refractivity contribution in [3.63, 3.8) is 0 Å². The van der Waals surface area contributed by atoms with E-state index < -0.39 is 0 Å². The van der Waals surface area contributed by atoms with Crippen molar-refractivity contribution in [2.75, 3.05) is 13.6 Å². The number of carbonyl (C=O) groups is 2. The van der Waals surface area contributed by atoms with Crippen LogP contribution in [0, 0.1) is 6.92 Å². The van der Waals surface area contributed by atoms with E-state index in [0.717, 1.165) is 29.7 Å². The number of nitrogens with zero attached hydrogens (tertiary/aromatic N) is 3. The molecule has 2 amide bonds. The van der Waals surface area contributed by atoms with E-state index >= 15 is 0 Å². The van der Waals surface area contributed by atoms with E-state index in [4.69, 9.17) is 0 Å². The van der Waals surface area contributed by atoms with Gasteiger partial charge in [-0.05, 0) is 31.9 Å². The number of aromatic nitrogens is 2. The third-order valence-corrected chi connectivity index (χ3v) is 4.96. The van der Waals surface area contributed by atoms with E-state index in [9.17, 15) is 9.59 Å². The molecule has 0 bridgehead atoms. The van der Waals surface area contributed by atoms with Gasteiger partial charge in [-0.25, -0.2) is 4.68 Å². The van der Waals surface area contributed by atoms with Gasteiger partial charge < -0.3 is 10.2 Å². The topological polar surface area (TPSA) is 67.2 Å².